The average molecular weight is 359 g/mol. The standard InChI is InChI=1S/C21H26N2O.ClH/c1-15-10-11-16(2)19(14-15)24-13-12-23-18-9-7-6-8-17(18)22-20(23)21(3,4)5;/h6-11,14H,12-13H2,1-5H3;1H. The van der Waals surface area contributed by atoms with E-state index in [-0.39, 0.29) is 17.8 Å². The molecule has 0 aromatic heterocycles. The lowest BCUT2D eigenvalue weighted by atomic mass is 9.94. The number of benzene rings is 2. The van der Waals surface area contributed by atoms with Gasteiger partial charge in [0.25, 0.3) is 0 Å². The van der Waals surface area contributed by atoms with Gasteiger partial charge in [0.15, 0.2) is 5.69 Å². The number of ether oxygens (including phenoxy) is 1. The average Bonchev–Trinajstić information content (AvgIpc) is 2.90. The molecule has 3 nitrogen and oxygen atoms in total. The monoisotopic (exact) mass is 358 g/mol. The van der Waals surface area contributed by atoms with Gasteiger partial charge in [-0.1, -0.05) is 24.3 Å². The summed E-state index contributed by atoms with van der Waals surface area (Å²) >= 11 is 0. The van der Waals surface area contributed by atoms with Crippen LogP contribution in [0.4, 0.5) is 11.4 Å². The summed E-state index contributed by atoms with van der Waals surface area (Å²) in [5, 5.41) is 0. The Balaban J connectivity index is 0.00000225. The van der Waals surface area contributed by atoms with E-state index in [4.69, 9.17) is 9.73 Å². The first-order valence-corrected chi connectivity index (χ1v) is 8.61. The van der Waals surface area contributed by atoms with Crippen LogP contribution in [0, 0.1) is 19.3 Å². The van der Waals surface area contributed by atoms with E-state index in [1.165, 1.54) is 27.5 Å². The Hall–Kier alpha value is -1.84. The van der Waals surface area contributed by atoms with E-state index in [1.54, 1.807) is 0 Å². The summed E-state index contributed by atoms with van der Waals surface area (Å²) in [6.45, 7) is 12.4. The summed E-state index contributed by atoms with van der Waals surface area (Å²) in [5.74, 6) is 2.17. The van der Waals surface area contributed by atoms with Crippen LogP contribution in [-0.4, -0.2) is 19.0 Å². The molecule has 1 aliphatic heterocycles. The number of hydrogen-bond donors (Lipinski definition) is 1. The molecule has 0 saturated heterocycles. The zero-order chi connectivity index (χ0) is 17.3. The fraction of sp³-hybridized carbons (Fsp3) is 0.381. The Morgan fingerprint density at radius 2 is 1.76 bits per heavy atom. The maximum atomic E-state index is 6.08. The first-order chi connectivity index (χ1) is 11.4. The van der Waals surface area contributed by atoms with E-state index >= 15 is 0 Å². The van der Waals surface area contributed by atoms with Crippen molar-refractivity contribution in [3.63, 3.8) is 0 Å². The Morgan fingerprint density at radius 1 is 1.04 bits per heavy atom. The van der Waals surface area contributed by atoms with Gasteiger partial charge in [0, 0.05) is 6.07 Å². The zero-order valence-corrected chi connectivity index (χ0v) is 16.4. The van der Waals surface area contributed by atoms with Gasteiger partial charge >= 0.3 is 0 Å². The number of halogens is 1. The Labute approximate surface area is 157 Å². The highest BCUT2D eigenvalue weighted by Crippen LogP contribution is 2.29. The van der Waals surface area contributed by atoms with Crippen molar-refractivity contribution in [2.75, 3.05) is 13.2 Å². The molecule has 134 valence electrons. The van der Waals surface area contributed by atoms with Crippen molar-refractivity contribution in [3.05, 3.63) is 53.6 Å². The number of aryl methyl sites for hydroxylation is 2. The maximum Gasteiger partial charge on any atom is 0.212 e. The first-order valence-electron chi connectivity index (χ1n) is 8.61. The lowest BCUT2D eigenvalue weighted by Gasteiger charge is -2.24. The predicted molar refractivity (Wildman–Crippen MR) is 99.9 cm³/mol. The van der Waals surface area contributed by atoms with Crippen LogP contribution in [0.1, 0.15) is 31.9 Å². The number of nitrogens with one attached hydrogen (secondary N) is 1. The molecule has 0 fully saturated rings. The summed E-state index contributed by atoms with van der Waals surface area (Å²) in [6, 6.07) is 14.8. The van der Waals surface area contributed by atoms with Crippen LogP contribution >= 0.6 is 0 Å². The van der Waals surface area contributed by atoms with Crippen molar-refractivity contribution in [1.82, 2.24) is 0 Å². The van der Waals surface area contributed by atoms with Gasteiger partial charge in [-0.15, -0.1) is 0 Å². The van der Waals surface area contributed by atoms with Gasteiger partial charge in [0.1, 0.15) is 24.6 Å². The van der Waals surface area contributed by atoms with Crippen molar-refractivity contribution >= 4 is 17.2 Å². The third-order valence-electron chi connectivity index (χ3n) is 4.41. The van der Waals surface area contributed by atoms with Gasteiger partial charge in [-0.3, -0.25) is 4.90 Å². The van der Waals surface area contributed by atoms with Gasteiger partial charge in [0.2, 0.25) is 5.84 Å². The molecule has 25 heavy (non-hydrogen) atoms. The van der Waals surface area contributed by atoms with E-state index in [0.717, 1.165) is 18.0 Å². The molecular formula is C21H27ClN2O. The van der Waals surface area contributed by atoms with Gasteiger partial charge in [0.05, 0.1) is 5.41 Å². The third-order valence-corrected chi connectivity index (χ3v) is 4.41. The largest absolute Gasteiger partial charge is 1.00 e. The lowest BCUT2D eigenvalue weighted by Crippen LogP contribution is -3.11. The molecule has 1 unspecified atom stereocenters. The summed E-state index contributed by atoms with van der Waals surface area (Å²) in [4.78, 5) is 6.21. The highest BCUT2D eigenvalue weighted by molar-refractivity contribution is 5.89. The van der Waals surface area contributed by atoms with Gasteiger partial charge in [-0.05, 0) is 57.9 Å². The maximum absolute atomic E-state index is 6.08. The van der Waals surface area contributed by atoms with Crippen LogP contribution in [0.15, 0.2) is 47.5 Å². The van der Waals surface area contributed by atoms with Gasteiger partial charge in [-0.25, -0.2) is 0 Å². The van der Waals surface area contributed by atoms with Crippen molar-refractivity contribution in [3.8, 4) is 5.75 Å². The number of hydrogen-bond acceptors (Lipinski definition) is 2. The molecule has 0 radical (unpaired) electrons. The SMILES string of the molecule is Cc1ccc(C)c(OCC[NH+]2C(C(C)(C)C)=Nc3ccccc32)c1.[Cl-]. The zero-order valence-electron chi connectivity index (χ0n) is 15.7. The molecule has 1 heterocycles. The summed E-state index contributed by atoms with van der Waals surface area (Å²) in [6.07, 6.45) is 0. The normalized spacial score (nSPS) is 16.0. The second-order valence-electron chi connectivity index (χ2n) is 7.57. The van der Waals surface area contributed by atoms with Crippen molar-refractivity contribution in [2.24, 2.45) is 10.4 Å². The number of fused-ring (bicyclic) bond motifs is 1. The van der Waals surface area contributed by atoms with Crippen LogP contribution in [-0.2, 0) is 0 Å². The minimum Gasteiger partial charge on any atom is -1.00 e. The molecule has 4 heteroatoms. The molecule has 2 aromatic rings. The van der Waals surface area contributed by atoms with Crippen LogP contribution in [0.3, 0.4) is 0 Å². The fourth-order valence-corrected chi connectivity index (χ4v) is 3.14. The van der Waals surface area contributed by atoms with E-state index in [1.807, 2.05) is 0 Å². The van der Waals surface area contributed by atoms with Crippen LogP contribution in [0.5, 0.6) is 5.75 Å². The minimum atomic E-state index is 0. The van der Waals surface area contributed by atoms with Gasteiger partial charge < -0.3 is 17.1 Å². The highest BCUT2D eigenvalue weighted by Gasteiger charge is 2.37. The fourth-order valence-electron chi connectivity index (χ4n) is 3.14. The van der Waals surface area contributed by atoms with Crippen LogP contribution < -0.4 is 22.0 Å². The number of para-hydroxylation sites is 2. The van der Waals surface area contributed by atoms with Crippen molar-refractivity contribution in [1.29, 1.82) is 0 Å². The Morgan fingerprint density at radius 3 is 2.48 bits per heavy atom. The molecule has 2 aromatic carbocycles. The van der Waals surface area contributed by atoms with Crippen molar-refractivity contribution in [2.45, 2.75) is 34.6 Å². The van der Waals surface area contributed by atoms with E-state index in [0.29, 0.717) is 6.61 Å². The smallest absolute Gasteiger partial charge is 0.212 e. The molecule has 0 spiro atoms. The Kier molecular flexibility index (Phi) is 5.91. The molecule has 1 N–H and O–H groups in total. The quantitative estimate of drug-likeness (QED) is 0.866. The number of aliphatic imine (C=N–C) groups is 1. The second kappa shape index (κ2) is 7.59. The van der Waals surface area contributed by atoms with Crippen LogP contribution in [0.2, 0.25) is 0 Å². The molecule has 0 amide bonds. The molecular weight excluding hydrogens is 332 g/mol. The first kappa shape index (κ1) is 19.5. The van der Waals surface area contributed by atoms with E-state index in [2.05, 4.69) is 77.1 Å². The molecule has 0 saturated carbocycles. The topological polar surface area (TPSA) is 26.0 Å². The van der Waals surface area contributed by atoms with Crippen molar-refractivity contribution < 1.29 is 22.0 Å². The third kappa shape index (κ3) is 4.23. The summed E-state index contributed by atoms with van der Waals surface area (Å²) < 4.78 is 6.08. The predicted octanol–water partition coefficient (Wildman–Crippen LogP) is 0.993. The number of quaternary nitrogens is 1. The second-order valence-corrected chi connectivity index (χ2v) is 7.57. The number of rotatable bonds is 4. The molecule has 0 aliphatic carbocycles. The molecule has 1 atom stereocenters. The lowest BCUT2D eigenvalue weighted by molar-refractivity contribution is -0.733. The summed E-state index contributed by atoms with van der Waals surface area (Å²) in [5.41, 5.74) is 4.79. The molecule has 3 rings (SSSR count). The molecule has 1 aliphatic rings. The number of nitrogens with zero attached hydrogens (tertiary/aromatic N) is 1. The Bertz CT molecular complexity index is 778. The van der Waals surface area contributed by atoms with Crippen LogP contribution in [0.25, 0.3) is 0 Å². The summed E-state index contributed by atoms with van der Waals surface area (Å²) in [7, 11) is 0. The minimum absolute atomic E-state index is 0. The highest BCUT2D eigenvalue weighted by atomic mass is 35.5. The number of amidine groups is 1. The molecule has 0 bridgehead atoms. The van der Waals surface area contributed by atoms with E-state index in [9.17, 15) is 0 Å². The van der Waals surface area contributed by atoms with E-state index < -0.39 is 0 Å². The van der Waals surface area contributed by atoms with Gasteiger partial charge in [-0.2, -0.15) is 4.99 Å².